The maximum absolute atomic E-state index is 13.4. The zero-order valence-electron chi connectivity index (χ0n) is 74.7. The Morgan fingerprint density at radius 1 is 0.434 bits per heavy atom. The third-order valence-corrected chi connectivity index (χ3v) is 21.6. The predicted molar refractivity (Wildman–Crippen MR) is 484 cm³/mol. The number of ether oxygens (including phenoxy) is 11. The van der Waals surface area contributed by atoms with E-state index in [1.807, 2.05) is 53.4 Å². The van der Waals surface area contributed by atoms with Crippen molar-refractivity contribution in [2.45, 2.75) is 58.0 Å². The fraction of sp³-hybridized carbons (Fsp3) is 0.539. The third kappa shape index (κ3) is 34.7. The van der Waals surface area contributed by atoms with Gasteiger partial charge in [-0.1, -0.05) is 29.8 Å². The number of anilines is 6. The molecule has 39 nitrogen and oxygen atoms in total. The molecule has 0 unspecified atom stereocenters. The number of amides is 9. The van der Waals surface area contributed by atoms with Gasteiger partial charge in [0.05, 0.1) is 156 Å². The van der Waals surface area contributed by atoms with E-state index in [9.17, 15) is 43.2 Å². The van der Waals surface area contributed by atoms with Gasteiger partial charge < -0.3 is 133 Å². The SMILES string of the molecule is CC(=O)N1c2ccc(-c3ccc(C(=O)NCCOCCOCCOCCOCCOCCOCCOCCOCCNC(=O)c4cc(NC(=O)c5nc(NC(=O)CCNC(=O)c6cc(NC(=O)c7nc(NC(=O)CCNC(=O)COCCOCCOCCN8CCN(CC9CCNCC9)CC8)cn7C)cn6C)cn5C)cn4C)cc3)cc2[C@H](Nc2ccc(Cl)cc2)C[C@@H]1C. The van der Waals surface area contributed by atoms with Crippen LogP contribution < -0.4 is 58.1 Å². The molecule has 7 aromatic rings. The summed E-state index contributed by atoms with van der Waals surface area (Å²) >= 11 is 6.14. The Kier molecular flexibility index (Phi) is 42.7. The quantitative estimate of drug-likeness (QED) is 0.0221. The molecule has 0 bridgehead atoms. The second-order valence-electron chi connectivity index (χ2n) is 31.2. The van der Waals surface area contributed by atoms with E-state index in [0.29, 0.717) is 148 Å². The summed E-state index contributed by atoms with van der Waals surface area (Å²) in [7, 11) is 6.42. The monoisotopic (exact) mass is 1820 g/mol. The summed E-state index contributed by atoms with van der Waals surface area (Å²) in [5.41, 5.74) is 6.36. The van der Waals surface area contributed by atoms with Crippen LogP contribution in [0.5, 0.6) is 0 Å². The van der Waals surface area contributed by atoms with E-state index in [1.165, 1.54) is 63.8 Å². The number of benzene rings is 3. The van der Waals surface area contributed by atoms with Crippen LogP contribution in [0, 0.1) is 5.92 Å². The summed E-state index contributed by atoms with van der Waals surface area (Å²) in [5, 5.41) is 29.5. The van der Waals surface area contributed by atoms with Crippen molar-refractivity contribution in [2.24, 2.45) is 34.1 Å². The van der Waals surface area contributed by atoms with Crippen molar-refractivity contribution >= 4 is 99.2 Å². The zero-order chi connectivity index (χ0) is 91.5. The lowest BCUT2D eigenvalue weighted by atomic mass is 9.88. The molecule has 704 valence electrons. The van der Waals surface area contributed by atoms with Crippen LogP contribution in [0.4, 0.5) is 34.4 Å². The first-order valence-electron chi connectivity index (χ1n) is 43.9. The Labute approximate surface area is 756 Å². The maximum Gasteiger partial charge on any atom is 0.291 e. The first-order valence-corrected chi connectivity index (χ1v) is 44.3. The number of halogens is 1. The molecule has 9 amide bonds. The van der Waals surface area contributed by atoms with Crippen LogP contribution in [0.2, 0.25) is 5.02 Å². The smallest absolute Gasteiger partial charge is 0.291 e. The van der Waals surface area contributed by atoms with Gasteiger partial charge in [-0.25, -0.2) is 9.97 Å². The molecule has 2 saturated heterocycles. The molecule has 10 rings (SSSR count). The summed E-state index contributed by atoms with van der Waals surface area (Å²) in [6.45, 7) is 20.7. The van der Waals surface area contributed by atoms with Crippen molar-refractivity contribution in [3.8, 4) is 11.1 Å². The van der Waals surface area contributed by atoms with Crippen LogP contribution >= 0.6 is 11.6 Å². The topological polar surface area (TPSA) is 431 Å². The normalized spacial score (nSPS) is 14.8. The molecule has 7 heterocycles. The number of hydrogen-bond donors (Lipinski definition) is 10. The van der Waals surface area contributed by atoms with E-state index >= 15 is 0 Å². The Bertz CT molecular complexity index is 4680. The lowest BCUT2D eigenvalue weighted by Gasteiger charge is -2.39. The molecule has 2 atom stereocenters. The van der Waals surface area contributed by atoms with Gasteiger partial charge in [0.15, 0.2) is 11.6 Å². The van der Waals surface area contributed by atoms with E-state index < -0.39 is 29.5 Å². The minimum absolute atomic E-state index is 0.00579. The highest BCUT2D eigenvalue weighted by atomic mass is 35.5. The van der Waals surface area contributed by atoms with Crippen LogP contribution in [-0.2, 0) is 99.5 Å². The molecule has 10 N–H and O–H groups in total. The number of piperazine rings is 1. The van der Waals surface area contributed by atoms with Gasteiger partial charge in [0.25, 0.3) is 29.5 Å². The predicted octanol–water partition coefficient (Wildman–Crippen LogP) is 5.12. The second kappa shape index (κ2) is 54.8. The van der Waals surface area contributed by atoms with Crippen LogP contribution in [-0.4, -0.2) is 321 Å². The molecule has 3 aliphatic heterocycles. The number of aryl methyl sites for hydroxylation is 4. The first kappa shape index (κ1) is 101. The van der Waals surface area contributed by atoms with Crippen LogP contribution in [0.3, 0.4) is 0 Å². The number of carbonyl (C=O) groups is 9. The molecule has 0 saturated carbocycles. The van der Waals surface area contributed by atoms with E-state index in [-0.39, 0.29) is 128 Å². The molecule has 0 aliphatic carbocycles. The minimum atomic E-state index is -0.621. The molecule has 3 aromatic carbocycles. The Hall–Kier alpha value is -10.6. The first-order chi connectivity index (χ1) is 62.6. The summed E-state index contributed by atoms with van der Waals surface area (Å²) in [4.78, 5) is 132. The fourth-order valence-corrected chi connectivity index (χ4v) is 14.8. The third-order valence-electron chi connectivity index (χ3n) is 21.3. The van der Waals surface area contributed by atoms with Gasteiger partial charge in [-0.3, -0.25) is 48.1 Å². The maximum atomic E-state index is 13.4. The lowest BCUT2D eigenvalue weighted by molar-refractivity contribution is -0.126. The van der Waals surface area contributed by atoms with Crippen LogP contribution in [0.15, 0.2) is 104 Å². The van der Waals surface area contributed by atoms with Crippen LogP contribution in [0.1, 0.15) is 110 Å². The number of piperidine rings is 1. The average Bonchev–Trinajstić information content (AvgIpc) is 1.14. The fourth-order valence-electron chi connectivity index (χ4n) is 14.7. The molecule has 0 spiro atoms. The summed E-state index contributed by atoms with van der Waals surface area (Å²) < 4.78 is 67.4. The number of imidazole rings is 2. The van der Waals surface area contributed by atoms with E-state index in [2.05, 4.69) is 85.9 Å². The Morgan fingerprint density at radius 3 is 1.36 bits per heavy atom. The van der Waals surface area contributed by atoms with Gasteiger partial charge in [0, 0.05) is 166 Å². The lowest BCUT2D eigenvalue weighted by Crippen LogP contribution is -2.49. The molecule has 0 radical (unpaired) electrons. The second-order valence-corrected chi connectivity index (χ2v) is 31.7. The van der Waals surface area contributed by atoms with Crippen molar-refractivity contribution in [1.29, 1.82) is 0 Å². The number of carbonyl (C=O) groups excluding carboxylic acids is 9. The number of aromatic nitrogens is 6. The van der Waals surface area contributed by atoms with Crippen molar-refractivity contribution in [1.82, 2.24) is 64.6 Å². The van der Waals surface area contributed by atoms with Crippen LogP contribution in [0.25, 0.3) is 11.1 Å². The minimum Gasteiger partial charge on any atom is -0.378 e. The van der Waals surface area contributed by atoms with E-state index in [0.717, 1.165) is 86.2 Å². The van der Waals surface area contributed by atoms with Crippen molar-refractivity contribution in [2.75, 3.05) is 255 Å². The Balaban J connectivity index is 0.471. The molecule has 40 heteroatoms. The van der Waals surface area contributed by atoms with E-state index in [1.54, 1.807) is 58.0 Å². The number of fused-ring (bicyclic) bond motifs is 1. The van der Waals surface area contributed by atoms with Gasteiger partial charge in [-0.15, -0.1) is 0 Å². The molecular formula is C89H126ClN19O20. The Morgan fingerprint density at radius 2 is 0.868 bits per heavy atom. The highest BCUT2D eigenvalue weighted by Gasteiger charge is 2.34. The summed E-state index contributed by atoms with van der Waals surface area (Å²) in [6.07, 6.45) is 9.08. The van der Waals surface area contributed by atoms with Gasteiger partial charge >= 0.3 is 0 Å². The number of hydrogen-bond acceptors (Lipinski definition) is 26. The number of nitrogens with one attached hydrogen (secondary N) is 10. The molecule has 4 aromatic heterocycles. The number of rotatable bonds is 58. The van der Waals surface area contributed by atoms with Gasteiger partial charge in [-0.2, -0.15) is 0 Å². The molecular weight excluding hydrogens is 1690 g/mol. The van der Waals surface area contributed by atoms with Crippen molar-refractivity contribution < 1.29 is 95.3 Å². The summed E-state index contributed by atoms with van der Waals surface area (Å²) in [6, 6.07) is 24.1. The van der Waals surface area contributed by atoms with Gasteiger partial charge in [0.2, 0.25) is 35.3 Å². The number of nitrogens with zero attached hydrogens (tertiary/aromatic N) is 9. The highest BCUT2D eigenvalue weighted by Crippen LogP contribution is 2.41. The van der Waals surface area contributed by atoms with Gasteiger partial charge in [0.1, 0.15) is 18.0 Å². The standard InChI is InChI=1S/C89H126ClN19O20/c1-63-53-74(96-70-14-12-69(90)13-15-70)73-54-68(11-16-75(73)109(63)64(2)110)66-7-9-67(10-8-66)85(114)94-25-32-119-35-38-122-41-43-124-45-47-126-49-50-127-48-46-125-44-42-123-39-36-120-33-26-95-87(116)77-56-72(59-104(77)4)98-89(118)84-102-79(61-106(84)6)100-81(112)20-24-93-86(115)76-55-71(58-103(76)3)97-88(117)83-101-78(60-105(83)5)99-80(111)19-23-92-82(113)62-129-52-51-128-40-37-121-34-31-107-27-29-108(30-28-107)57-65-17-21-91-22-18-65/h7-16,54-56,58-61,63,65,74,91,96H,17-53,57,62H2,1-6H3,(H,92,113)(H,93,115)(H,94,114)(H,95,116)(H,97,117)(H,98,118)(H,99,111)(H,100,112)/t63-,74+/m0/s1. The molecule has 3 aliphatic rings. The highest BCUT2D eigenvalue weighted by molar-refractivity contribution is 6.30. The molecule has 2 fully saturated rings. The van der Waals surface area contributed by atoms with Crippen molar-refractivity contribution in [3.63, 3.8) is 0 Å². The molecule has 129 heavy (non-hydrogen) atoms. The van der Waals surface area contributed by atoms with Gasteiger partial charge in [-0.05, 0) is 123 Å². The van der Waals surface area contributed by atoms with E-state index in [4.69, 9.17) is 63.7 Å². The van der Waals surface area contributed by atoms with Crippen molar-refractivity contribution in [3.05, 3.63) is 143 Å². The largest absolute Gasteiger partial charge is 0.378 e. The summed E-state index contributed by atoms with van der Waals surface area (Å²) in [5.74, 6) is -2.73. The average molecular weight is 1820 g/mol. The zero-order valence-corrected chi connectivity index (χ0v) is 75.4.